The van der Waals surface area contributed by atoms with Gasteiger partial charge in [0.25, 0.3) is 0 Å². The Morgan fingerprint density at radius 2 is 1.11 bits per heavy atom. The molecule has 7 aromatic rings. The van der Waals surface area contributed by atoms with Gasteiger partial charge < -0.3 is 35.0 Å². The van der Waals surface area contributed by atoms with Crippen molar-refractivity contribution in [3.05, 3.63) is 127 Å². The quantitative estimate of drug-likeness (QED) is 0.0676. The number of carboxylic acids is 1. The van der Waals surface area contributed by atoms with Crippen LogP contribution in [-0.4, -0.2) is 37.9 Å². The Morgan fingerprint density at radius 3 is 1.62 bits per heavy atom. The Bertz CT molecular complexity index is 3140. The predicted octanol–water partition coefficient (Wildman–Crippen LogP) is -0.585. The first kappa shape index (κ1) is 49.6. The van der Waals surface area contributed by atoms with Gasteiger partial charge in [0.2, 0.25) is 0 Å². The van der Waals surface area contributed by atoms with Gasteiger partial charge in [-0.2, -0.15) is 15.3 Å². The van der Waals surface area contributed by atoms with E-state index in [-0.39, 0.29) is 122 Å². The van der Waals surface area contributed by atoms with Gasteiger partial charge in [-0.05, 0) is 109 Å². The first-order valence-corrected chi connectivity index (χ1v) is 20.4. The molecule has 0 heterocycles. The summed E-state index contributed by atoms with van der Waals surface area (Å²) in [4.78, 5) is 9.77. The molecule has 0 aliphatic heterocycles. The van der Waals surface area contributed by atoms with E-state index < -0.39 is 51.8 Å². The number of nitrogen functional groups attached to an aromatic ring is 1. The summed E-state index contributed by atoms with van der Waals surface area (Å²) in [7, 11) is -9.45. The SMILES string of the molecule is Nc1cc(S(=O)(=O)[O-])cc2cc(S(=O)([O-])=S)c(N=Nc3ccc(N=Nc4ccc(-c5ccc(N=Nc6ccc(O)c(C(=O)[O-])c6)cc5)cc4)c4ccccc34)c(O)c12.[Na+].[Na+].[Na+]. The molecule has 0 aliphatic rings. The van der Waals surface area contributed by atoms with Crippen LogP contribution in [0.25, 0.3) is 32.7 Å². The van der Waals surface area contributed by atoms with E-state index in [1.54, 1.807) is 60.7 Å². The number of hydrogen-bond acceptors (Lipinski definition) is 17. The predicted molar refractivity (Wildman–Crippen MR) is 213 cm³/mol. The third kappa shape index (κ3) is 11.3. The fourth-order valence-corrected chi connectivity index (χ4v) is 7.46. The summed E-state index contributed by atoms with van der Waals surface area (Å²) in [5, 5.41) is 58.1. The number of carbonyl (C=O) groups excluding carboxylic acids is 1. The van der Waals surface area contributed by atoms with Crippen molar-refractivity contribution in [2.75, 3.05) is 5.73 Å². The Morgan fingerprint density at radius 1 is 0.623 bits per heavy atom. The Balaban J connectivity index is 0.00000273. The normalized spacial score (nSPS) is 12.6. The fourth-order valence-electron chi connectivity index (χ4n) is 5.89. The fraction of sp³-hybridized carbons (Fsp3) is 0. The van der Waals surface area contributed by atoms with Gasteiger partial charge in [0, 0.05) is 27.4 Å². The molecule has 0 spiro atoms. The number of aromatic carboxylic acids is 1. The zero-order chi connectivity index (χ0) is 41.4. The summed E-state index contributed by atoms with van der Waals surface area (Å²) >= 11 is 4.67. The minimum atomic E-state index is -4.97. The maximum Gasteiger partial charge on any atom is 1.00 e. The molecule has 16 nitrogen and oxygen atoms in total. The molecule has 0 saturated heterocycles. The summed E-state index contributed by atoms with van der Waals surface area (Å²) in [6.45, 7) is 0. The van der Waals surface area contributed by atoms with Gasteiger partial charge in [-0.3, -0.25) is 4.21 Å². The molecule has 0 fully saturated rings. The molecular formula is C39H24N7Na3O9S3. The number of anilines is 1. The molecule has 0 aliphatic carbocycles. The second kappa shape index (κ2) is 20.4. The molecular weight excluding hydrogens is 876 g/mol. The van der Waals surface area contributed by atoms with Gasteiger partial charge in [-0.1, -0.05) is 48.5 Å². The van der Waals surface area contributed by atoms with E-state index >= 15 is 0 Å². The Kier molecular flexibility index (Phi) is 16.6. The van der Waals surface area contributed by atoms with Gasteiger partial charge in [-0.15, -0.1) is 15.3 Å². The second-order valence-electron chi connectivity index (χ2n) is 12.4. The standard InChI is InChI=1S/C39H27N7O9S3.3Na/c40-31-20-27(57(51,52)53)17-23-18-35(58(54,55)56)37(38(48)36(23)31)46-45-33-15-14-32(28-3-1-2-4-29(28)33)44-42-25-11-7-22(8-12-25)21-5-9-24(10-6-21)41-43-26-13-16-34(47)30(19-26)39(49)50;;;/h1-20,47-48H,40H2,(H,49,50)(H,51,52,53)(H,54,55,56);;;/q;3*+1/p-3. The molecule has 0 amide bonds. The van der Waals surface area contributed by atoms with Crippen LogP contribution in [0.5, 0.6) is 11.5 Å². The first-order valence-electron chi connectivity index (χ1n) is 16.6. The largest absolute Gasteiger partial charge is 1.00 e. The topological polar surface area (TPSA) is 278 Å². The number of hydrogen-bond donors (Lipinski definition) is 3. The molecule has 0 radical (unpaired) electrons. The molecule has 0 saturated carbocycles. The van der Waals surface area contributed by atoms with Gasteiger partial charge in [0.15, 0.2) is 5.75 Å². The van der Waals surface area contributed by atoms with Gasteiger partial charge in [-0.25, -0.2) is 8.42 Å². The Hall–Kier alpha value is -4.03. The summed E-state index contributed by atoms with van der Waals surface area (Å²) in [6.07, 6.45) is 0. The van der Waals surface area contributed by atoms with Crippen molar-refractivity contribution >= 4 is 97.4 Å². The molecule has 0 aromatic heterocycles. The third-order valence-electron chi connectivity index (χ3n) is 8.67. The van der Waals surface area contributed by atoms with Crippen LogP contribution >= 0.6 is 0 Å². The minimum Gasteiger partial charge on any atom is -0.766 e. The van der Waals surface area contributed by atoms with Crippen LogP contribution in [0.1, 0.15) is 10.4 Å². The zero-order valence-corrected chi connectivity index (χ0v) is 40.7. The third-order valence-corrected chi connectivity index (χ3v) is 10.9. The average Bonchev–Trinajstić information content (AvgIpc) is 3.19. The van der Waals surface area contributed by atoms with E-state index in [2.05, 4.69) is 41.9 Å². The molecule has 1 atom stereocenters. The smallest absolute Gasteiger partial charge is 0.766 e. The zero-order valence-electron chi connectivity index (χ0n) is 32.3. The van der Waals surface area contributed by atoms with E-state index in [0.29, 0.717) is 27.8 Å². The van der Waals surface area contributed by atoms with Gasteiger partial charge in [0.1, 0.15) is 21.6 Å². The van der Waals surface area contributed by atoms with Crippen LogP contribution in [0.2, 0.25) is 0 Å². The summed E-state index contributed by atoms with van der Waals surface area (Å²) in [5.41, 5.74) is 8.54. The van der Waals surface area contributed by atoms with Crippen LogP contribution in [-0.2, 0) is 30.1 Å². The van der Waals surface area contributed by atoms with E-state index in [1.165, 1.54) is 12.1 Å². The van der Waals surface area contributed by atoms with Crippen LogP contribution in [0, 0.1) is 0 Å². The van der Waals surface area contributed by atoms with Crippen molar-refractivity contribution in [3.63, 3.8) is 0 Å². The molecule has 1 unspecified atom stereocenters. The molecule has 4 N–H and O–H groups in total. The van der Waals surface area contributed by atoms with Crippen LogP contribution in [0.4, 0.5) is 39.8 Å². The molecule has 22 heteroatoms. The van der Waals surface area contributed by atoms with E-state index in [4.69, 9.17) is 5.73 Å². The van der Waals surface area contributed by atoms with Crippen molar-refractivity contribution in [2.24, 2.45) is 30.7 Å². The van der Waals surface area contributed by atoms with Crippen molar-refractivity contribution in [1.29, 1.82) is 0 Å². The van der Waals surface area contributed by atoms with Gasteiger partial charge >= 0.3 is 88.7 Å². The molecule has 0 bridgehead atoms. The van der Waals surface area contributed by atoms with Crippen LogP contribution in [0.3, 0.4) is 0 Å². The number of carboxylic acid groups (broad SMARTS) is 1. The number of nitrogens with two attached hydrogens (primary N) is 1. The maximum atomic E-state index is 12.6. The summed E-state index contributed by atoms with van der Waals surface area (Å²) in [6, 6.07) is 31.2. The van der Waals surface area contributed by atoms with Gasteiger partial charge in [0.05, 0.1) is 44.2 Å². The molecule has 61 heavy (non-hydrogen) atoms. The van der Waals surface area contributed by atoms with Crippen LogP contribution < -0.4 is 99.5 Å². The number of phenols is 2. The number of phenolic OH excluding ortho intramolecular Hbond substituents is 1. The number of carbonyl (C=O) groups is 1. The van der Waals surface area contributed by atoms with Crippen molar-refractivity contribution in [1.82, 2.24) is 0 Å². The maximum absolute atomic E-state index is 12.6. The van der Waals surface area contributed by atoms with Crippen molar-refractivity contribution in [2.45, 2.75) is 9.79 Å². The van der Waals surface area contributed by atoms with E-state index in [9.17, 15) is 41.8 Å². The monoisotopic (exact) mass is 899 g/mol. The van der Waals surface area contributed by atoms with E-state index in [0.717, 1.165) is 35.4 Å². The molecule has 290 valence electrons. The second-order valence-corrected chi connectivity index (χ2v) is 16.5. The molecule has 7 aromatic carbocycles. The Labute approximate surface area is 418 Å². The van der Waals surface area contributed by atoms with E-state index in [1.807, 2.05) is 24.3 Å². The summed E-state index contributed by atoms with van der Waals surface area (Å²) in [5.74, 6) is -2.69. The average molecular weight is 900 g/mol. The number of aromatic hydroxyl groups is 2. The first-order chi connectivity index (χ1) is 27.6. The van der Waals surface area contributed by atoms with Crippen molar-refractivity contribution in [3.8, 4) is 22.6 Å². The number of azo groups is 3. The number of nitrogens with zero attached hydrogens (tertiary/aromatic N) is 6. The number of rotatable bonds is 10. The van der Waals surface area contributed by atoms with Crippen LogP contribution in [0.15, 0.2) is 162 Å². The number of benzene rings is 7. The minimum absolute atomic E-state index is 0. The summed E-state index contributed by atoms with van der Waals surface area (Å²) < 4.78 is 60.1. The molecule has 7 rings (SSSR count). The number of fused-ring (bicyclic) bond motifs is 2. The van der Waals surface area contributed by atoms with Crippen molar-refractivity contribution < 1.29 is 131 Å².